The van der Waals surface area contributed by atoms with Crippen molar-refractivity contribution in [3.8, 4) is 45.0 Å². The second-order valence-corrected chi connectivity index (χ2v) is 24.6. The Bertz CT molecular complexity index is 4510. The average Bonchev–Trinajstić information content (AvgIpc) is 1.61. The molecule has 104 heavy (non-hydrogen) atoms. The number of benzene rings is 5. The number of ketones is 2. The number of halogens is 1. The summed E-state index contributed by atoms with van der Waals surface area (Å²) in [5.74, 6) is 7.63. The van der Waals surface area contributed by atoms with Crippen LogP contribution in [0.4, 0.5) is 0 Å². The molecule has 6 N–H and O–H groups in total. The van der Waals surface area contributed by atoms with Gasteiger partial charge in [-0.1, -0.05) is 189 Å². The van der Waals surface area contributed by atoms with E-state index < -0.39 is 10.8 Å². The molecule has 23 nitrogen and oxygen atoms in total. The van der Waals surface area contributed by atoms with Crippen LogP contribution in [0, 0.1) is 6.92 Å². The molecule has 5 aromatic carbocycles. The van der Waals surface area contributed by atoms with Crippen LogP contribution in [0.5, 0.6) is 0 Å². The Morgan fingerprint density at radius 2 is 0.913 bits per heavy atom. The summed E-state index contributed by atoms with van der Waals surface area (Å²) < 4.78 is 11.5. The Labute approximate surface area is 650 Å². The van der Waals surface area contributed by atoms with E-state index in [-0.39, 0.29) is 67.8 Å². The van der Waals surface area contributed by atoms with Crippen molar-refractivity contribution in [3.63, 3.8) is 0 Å². The topological polar surface area (TPSA) is 322 Å². The number of carbonyl (C=O) groups excluding carboxylic acids is 3. The first-order valence-corrected chi connectivity index (χ1v) is 36.5. The number of hydrazine groups is 1. The first-order valence-electron chi connectivity index (χ1n) is 30.0. The molecule has 0 saturated carbocycles. The maximum absolute atomic E-state index is 12.8. The van der Waals surface area contributed by atoms with E-state index in [0.717, 1.165) is 66.2 Å². The van der Waals surface area contributed by atoms with Crippen molar-refractivity contribution < 1.29 is 35.8 Å². The zero-order valence-corrected chi connectivity index (χ0v) is 63.7. The van der Waals surface area contributed by atoms with Crippen LogP contribution in [0.25, 0.3) is 50.6 Å². The number of nitrogens with one attached hydrogen (secondary N) is 2. The van der Waals surface area contributed by atoms with Gasteiger partial charge in [-0.25, -0.2) is 54.9 Å². The minimum atomic E-state index is -1.21. The van der Waals surface area contributed by atoms with Crippen molar-refractivity contribution in [1.29, 1.82) is 0 Å². The van der Waals surface area contributed by atoms with Crippen LogP contribution in [0.3, 0.4) is 0 Å². The minimum absolute atomic E-state index is 0. The largest absolute Gasteiger partial charge is 2.00 e. The molecular formula is C74H83ClMgN18O5S5. The van der Waals surface area contributed by atoms with E-state index in [1.165, 1.54) is 61.2 Å². The number of hydrogen-bond acceptors (Lipinski definition) is 24. The second-order valence-electron chi connectivity index (χ2n) is 20.2. The monoisotopic (exact) mass is 1520 g/mol. The maximum atomic E-state index is 12.8. The molecule has 1 atom stereocenters. The molecule has 1 unspecified atom stereocenters. The van der Waals surface area contributed by atoms with Gasteiger partial charge in [0.15, 0.2) is 26.4 Å². The van der Waals surface area contributed by atoms with Gasteiger partial charge in [0.05, 0.1) is 53.1 Å². The van der Waals surface area contributed by atoms with Gasteiger partial charge in [-0.05, 0) is 77.6 Å². The first kappa shape index (κ1) is 90.7. The van der Waals surface area contributed by atoms with E-state index in [2.05, 4.69) is 101 Å². The van der Waals surface area contributed by atoms with Gasteiger partial charge >= 0.3 is 23.1 Å². The van der Waals surface area contributed by atoms with Crippen LogP contribution in [0.15, 0.2) is 257 Å². The van der Waals surface area contributed by atoms with Crippen molar-refractivity contribution >= 4 is 104 Å². The third kappa shape index (κ3) is 29.4. The van der Waals surface area contributed by atoms with Gasteiger partial charge in [0.2, 0.25) is 10.9 Å². The van der Waals surface area contributed by atoms with Crippen LogP contribution in [-0.2, 0) is 22.1 Å². The fraction of sp³-hybridized carbons (Fsp3) is 0.162. The number of aromatic nitrogens is 14. The SMILES string of the molecule is C.C.CON(C)C(=O)c1ccnc(SC)n1.CS(=O)c1nccc(-c2[nH]ncc2-c2ccccc2)n1.CSc1nccc(-c2[nH]ncc2-c2ccccc2)n1.CSc1nccc(C(=O)/C(=C/N(C)C)c2ccccc2)n1.CSc1nccc(C(=O)Cc2ccccc2)n1.NN.[CH2-]c1ccccc1.[Cl-].[Mg+2]. The van der Waals surface area contributed by atoms with Gasteiger partial charge in [-0.15, -0.1) is 12.1 Å². The molecule has 0 fully saturated rings. The first-order chi connectivity index (χ1) is 48.6. The molecule has 30 heteroatoms. The molecule has 12 aromatic rings. The number of hydroxylamine groups is 2. The van der Waals surface area contributed by atoms with Crippen LogP contribution in [0.1, 0.15) is 63.0 Å². The fourth-order valence-corrected chi connectivity index (χ4v) is 10.3. The Morgan fingerprint density at radius 3 is 1.35 bits per heavy atom. The number of rotatable bonds is 18. The Hall–Kier alpha value is -9.37. The predicted molar refractivity (Wildman–Crippen MR) is 420 cm³/mol. The summed E-state index contributed by atoms with van der Waals surface area (Å²) in [7, 11) is 5.53. The Morgan fingerprint density at radius 1 is 0.529 bits per heavy atom. The minimum Gasteiger partial charge on any atom is -1.00 e. The van der Waals surface area contributed by atoms with E-state index in [0.29, 0.717) is 55.4 Å². The third-order valence-electron chi connectivity index (χ3n) is 13.2. The number of thioether (sulfide) groups is 4. The molecule has 0 aliphatic carbocycles. The molecule has 0 aliphatic heterocycles. The van der Waals surface area contributed by atoms with E-state index in [4.69, 9.17) is 4.84 Å². The van der Waals surface area contributed by atoms with Crippen molar-refractivity contribution in [3.05, 3.63) is 272 Å². The van der Waals surface area contributed by atoms with Gasteiger partial charge in [0.1, 0.15) is 17.1 Å². The Kier molecular flexibility index (Phi) is 43.7. The van der Waals surface area contributed by atoms with Crippen molar-refractivity contribution in [1.82, 2.24) is 80.2 Å². The summed E-state index contributed by atoms with van der Waals surface area (Å²) in [4.78, 5) is 84.5. The summed E-state index contributed by atoms with van der Waals surface area (Å²) in [6.45, 7) is 3.72. The van der Waals surface area contributed by atoms with Gasteiger partial charge in [0, 0.05) is 87.7 Å². The quantitative estimate of drug-likeness (QED) is 0.00906. The van der Waals surface area contributed by atoms with Gasteiger partial charge < -0.3 is 17.3 Å². The number of aromatic amines is 2. The standard InChI is InChI=1S/C16H17N3OS.C14H12N4OS.C14H12N4S.C13H12N2OS.C8H11N3O2S.C7H7.2CH4.ClH.Mg.H4N2/c1-19(2)11-13(12-7-5-4-6-8-12)15(20)14-9-10-17-16(18-14)21-3;1-20(19)14-15-8-7-12(17-14)13-11(9-16-18-13)10-5-3-2-4-6-10;1-19-14-15-8-7-12(17-14)13-11(9-16-18-13)10-5-3-2-4-6-10;1-17-13-14-8-7-11(15-13)12(16)9-10-5-3-2-4-6-10;1-11(13-2)7(12)6-4-5-9-8(10-6)14-3;1-7-5-3-2-4-6-7;;;;;1-2/h4-11H,1-3H3;2-9H,1H3,(H,16,18);2-9H,1H3,(H,16,18);2-8H,9H2,1H3;4-5H,1-3H3;2-6H,1H2;2*1H4;1H;;1-2H2/q;;;;;-1;;;;+2;/p-1/b13-11+;;;;;;;;;;. The van der Waals surface area contributed by atoms with Crippen LogP contribution >= 0.6 is 47.0 Å². The zero-order valence-electron chi connectivity index (χ0n) is 57.4. The van der Waals surface area contributed by atoms with Crippen LogP contribution < -0.4 is 24.1 Å². The molecule has 7 heterocycles. The number of nitrogens with two attached hydrogens (primary N) is 2. The van der Waals surface area contributed by atoms with E-state index >= 15 is 0 Å². The summed E-state index contributed by atoms with van der Waals surface area (Å²) >= 11 is 5.76. The number of amides is 1. The number of carbonyl (C=O) groups is 3. The number of Topliss-reactive ketones (excluding diaryl/α,β-unsaturated/α-hetero) is 2. The van der Waals surface area contributed by atoms with Crippen molar-refractivity contribution in [2.75, 3.05) is 59.5 Å². The average molecular weight is 1520 g/mol. The molecule has 538 valence electrons. The normalized spacial score (nSPS) is 10.2. The summed E-state index contributed by atoms with van der Waals surface area (Å²) in [5, 5.41) is 18.2. The second kappa shape index (κ2) is 50.1. The smallest absolute Gasteiger partial charge is 1.00 e. The number of H-pyrrole nitrogens is 2. The molecular weight excluding hydrogens is 1440 g/mol. The number of hydrogen-bond donors (Lipinski definition) is 4. The molecule has 0 saturated heterocycles. The molecule has 0 spiro atoms. The third-order valence-corrected chi connectivity index (χ3v) is 16.1. The zero-order chi connectivity index (χ0) is 72.0. The molecule has 0 bridgehead atoms. The van der Waals surface area contributed by atoms with Crippen LogP contribution in [0.2, 0.25) is 0 Å². The predicted octanol–water partition coefficient (Wildman–Crippen LogP) is 10.5. The van der Waals surface area contributed by atoms with Crippen LogP contribution in [-0.4, -0.2) is 184 Å². The Balaban J connectivity index is 0.000000426. The van der Waals surface area contributed by atoms with Crippen molar-refractivity contribution in [2.45, 2.75) is 47.1 Å². The summed E-state index contributed by atoms with van der Waals surface area (Å²) in [6, 6.07) is 57.7. The maximum Gasteiger partial charge on any atom is 2.00 e. The molecule has 1 amide bonds. The van der Waals surface area contributed by atoms with E-state index in [1.54, 1.807) is 67.7 Å². The summed E-state index contributed by atoms with van der Waals surface area (Å²) in [6.07, 6.45) is 23.1. The van der Waals surface area contributed by atoms with Gasteiger partial charge in [-0.3, -0.25) is 45.3 Å². The fourth-order valence-electron chi connectivity index (χ4n) is 8.42. The van der Waals surface area contributed by atoms with Gasteiger partial charge in [-0.2, -0.15) is 34.8 Å². The molecule has 0 radical (unpaired) electrons. The molecule has 7 aromatic heterocycles. The molecule has 12 rings (SSSR count). The summed E-state index contributed by atoms with van der Waals surface area (Å²) in [5.41, 5.74) is 12.2. The number of allylic oxidation sites excluding steroid dienone is 1. The van der Waals surface area contributed by atoms with Crippen molar-refractivity contribution in [2.24, 2.45) is 11.7 Å². The van der Waals surface area contributed by atoms with E-state index in [1.807, 2.05) is 202 Å². The molecule has 0 aliphatic rings. The van der Waals surface area contributed by atoms with Gasteiger partial charge in [0.25, 0.3) is 5.91 Å². The van der Waals surface area contributed by atoms with E-state index in [9.17, 15) is 18.6 Å². The number of nitrogens with zero attached hydrogens (tertiary/aromatic N) is 14.